The van der Waals surface area contributed by atoms with Crippen LogP contribution < -0.4 is 0 Å². The topological polar surface area (TPSA) is 80.7 Å². The first-order chi connectivity index (χ1) is 7.27. The number of hydrogen-bond donors (Lipinski definition) is 1. The van der Waals surface area contributed by atoms with Gasteiger partial charge in [-0.15, -0.1) is 0 Å². The van der Waals surface area contributed by atoms with E-state index in [-0.39, 0.29) is 5.56 Å². The number of rotatable bonds is 3. The Bertz CT molecular complexity index is 479. The maximum Gasteiger partial charge on any atom is 0.310 e. The Kier molecular flexibility index (Phi) is 3.35. The van der Waals surface area contributed by atoms with Gasteiger partial charge in [-0.1, -0.05) is 30.3 Å². The van der Waals surface area contributed by atoms with Crippen LogP contribution in [0.5, 0.6) is 0 Å². The molecule has 0 spiro atoms. The molecule has 0 saturated heterocycles. The summed E-state index contributed by atoms with van der Waals surface area (Å²) in [5, 5.41) is 0. The first-order valence-corrected chi connectivity index (χ1v) is 5.93. The summed E-state index contributed by atoms with van der Waals surface area (Å²) < 4.78 is 36.4. The van der Waals surface area contributed by atoms with Crippen LogP contribution in [0.3, 0.4) is 0 Å². The van der Waals surface area contributed by atoms with Crippen molar-refractivity contribution in [1.29, 1.82) is 0 Å². The molecule has 1 aromatic rings. The first kappa shape index (κ1) is 12.7. The van der Waals surface area contributed by atoms with Gasteiger partial charge in [-0.25, -0.2) is 0 Å². The van der Waals surface area contributed by atoms with E-state index in [1.165, 1.54) is 12.1 Å². The van der Waals surface area contributed by atoms with Crippen LogP contribution in [0.2, 0.25) is 0 Å². The Morgan fingerprint density at radius 2 is 1.81 bits per heavy atom. The molecule has 0 aliphatic rings. The lowest BCUT2D eigenvalue weighted by Crippen LogP contribution is -2.36. The third-order valence-electron chi connectivity index (χ3n) is 2.13. The summed E-state index contributed by atoms with van der Waals surface area (Å²) >= 11 is 0. The van der Waals surface area contributed by atoms with Gasteiger partial charge in [0, 0.05) is 12.5 Å². The monoisotopic (exact) mass is 244 g/mol. The summed E-state index contributed by atoms with van der Waals surface area (Å²) in [6.45, 7) is 2.20. The highest BCUT2D eigenvalue weighted by Crippen LogP contribution is 2.30. The predicted octanol–water partition coefficient (Wildman–Crippen LogP) is 1.31. The van der Waals surface area contributed by atoms with E-state index in [0.717, 1.165) is 13.8 Å². The van der Waals surface area contributed by atoms with E-state index in [1.807, 2.05) is 0 Å². The van der Waals surface area contributed by atoms with E-state index in [2.05, 4.69) is 0 Å². The zero-order chi connectivity index (χ0) is 12.4. The van der Waals surface area contributed by atoms with E-state index >= 15 is 0 Å². The van der Waals surface area contributed by atoms with Gasteiger partial charge in [-0.05, 0) is 6.92 Å². The highest BCUT2D eigenvalue weighted by molar-refractivity contribution is 7.86. The molecule has 0 saturated carbocycles. The molecule has 1 atom stereocenters. The molecule has 1 N–H and O–H groups in total. The molecular formula is C10H12O5S. The molecule has 0 aliphatic carbocycles. The molecule has 1 rings (SSSR count). The van der Waals surface area contributed by atoms with Gasteiger partial charge in [0.2, 0.25) is 0 Å². The van der Waals surface area contributed by atoms with Crippen molar-refractivity contribution in [2.24, 2.45) is 0 Å². The fraction of sp³-hybridized carbons (Fsp3) is 0.300. The summed E-state index contributed by atoms with van der Waals surface area (Å²) in [6, 6.07) is 7.76. The summed E-state index contributed by atoms with van der Waals surface area (Å²) in [5.41, 5.74) is 0.188. The van der Waals surface area contributed by atoms with E-state index in [1.54, 1.807) is 18.2 Å². The van der Waals surface area contributed by atoms with Crippen molar-refractivity contribution in [2.75, 3.05) is 0 Å². The van der Waals surface area contributed by atoms with Crippen molar-refractivity contribution in [2.45, 2.75) is 18.8 Å². The standard InChI is InChI=1S/C10H12O5S/c1-8(11)15-10(2,16(12,13)14)9-6-4-3-5-7-9/h3-7H,1-2H3,(H,12,13,14). The van der Waals surface area contributed by atoms with Crippen LogP contribution in [0.15, 0.2) is 30.3 Å². The van der Waals surface area contributed by atoms with Crippen LogP contribution in [-0.2, 0) is 24.6 Å². The summed E-state index contributed by atoms with van der Waals surface area (Å²) in [5.74, 6) is -0.788. The highest BCUT2D eigenvalue weighted by atomic mass is 32.2. The largest absolute Gasteiger partial charge is 0.436 e. The summed E-state index contributed by atoms with van der Waals surface area (Å²) in [6.07, 6.45) is 0. The molecule has 1 unspecified atom stereocenters. The molecule has 0 amide bonds. The second kappa shape index (κ2) is 4.23. The molecule has 0 bridgehead atoms. The van der Waals surface area contributed by atoms with Gasteiger partial charge in [-0.3, -0.25) is 9.35 Å². The Hall–Kier alpha value is -1.40. The normalized spacial score (nSPS) is 15.2. The number of carbonyl (C=O) groups is 1. The SMILES string of the molecule is CC(=O)OC(C)(c1ccccc1)S(=O)(=O)O. The van der Waals surface area contributed by atoms with Crippen molar-refractivity contribution in [1.82, 2.24) is 0 Å². The van der Waals surface area contributed by atoms with Gasteiger partial charge in [-0.2, -0.15) is 8.42 Å². The van der Waals surface area contributed by atoms with Crippen LogP contribution in [0, 0.1) is 0 Å². The molecule has 88 valence electrons. The van der Waals surface area contributed by atoms with Gasteiger partial charge < -0.3 is 4.74 Å². The number of benzene rings is 1. The minimum absolute atomic E-state index is 0.188. The molecule has 0 aromatic heterocycles. The van der Waals surface area contributed by atoms with E-state index < -0.39 is 21.0 Å². The van der Waals surface area contributed by atoms with Crippen molar-refractivity contribution in [3.8, 4) is 0 Å². The third kappa shape index (κ3) is 2.40. The first-order valence-electron chi connectivity index (χ1n) is 4.49. The summed E-state index contributed by atoms with van der Waals surface area (Å²) in [4.78, 5) is 8.81. The fourth-order valence-electron chi connectivity index (χ4n) is 1.28. The van der Waals surface area contributed by atoms with Crippen molar-refractivity contribution in [3.63, 3.8) is 0 Å². The van der Waals surface area contributed by atoms with E-state index in [0.29, 0.717) is 0 Å². The van der Waals surface area contributed by atoms with Crippen molar-refractivity contribution in [3.05, 3.63) is 35.9 Å². The van der Waals surface area contributed by atoms with Gasteiger partial charge in [0.1, 0.15) is 0 Å². The van der Waals surface area contributed by atoms with Crippen molar-refractivity contribution >= 4 is 16.1 Å². The van der Waals surface area contributed by atoms with Crippen LogP contribution >= 0.6 is 0 Å². The smallest absolute Gasteiger partial charge is 0.310 e. The van der Waals surface area contributed by atoms with Crippen LogP contribution in [-0.4, -0.2) is 18.9 Å². The Balaban J connectivity index is 3.32. The molecule has 16 heavy (non-hydrogen) atoms. The van der Waals surface area contributed by atoms with Crippen molar-refractivity contribution < 1.29 is 22.5 Å². The number of carbonyl (C=O) groups excluding carboxylic acids is 1. The highest BCUT2D eigenvalue weighted by Gasteiger charge is 2.43. The second-order valence-corrected chi connectivity index (χ2v) is 5.11. The zero-order valence-corrected chi connectivity index (χ0v) is 9.69. The molecule has 6 heteroatoms. The van der Waals surface area contributed by atoms with Gasteiger partial charge in [0.25, 0.3) is 4.93 Å². The van der Waals surface area contributed by atoms with E-state index in [4.69, 9.17) is 9.29 Å². The van der Waals surface area contributed by atoms with E-state index in [9.17, 15) is 13.2 Å². The molecule has 0 aliphatic heterocycles. The van der Waals surface area contributed by atoms with Crippen LogP contribution in [0.1, 0.15) is 19.4 Å². The Labute approximate surface area is 93.8 Å². The lowest BCUT2D eigenvalue weighted by molar-refractivity contribution is -0.149. The van der Waals surface area contributed by atoms with Gasteiger partial charge in [0.05, 0.1) is 0 Å². The molecule has 0 heterocycles. The second-order valence-electron chi connectivity index (χ2n) is 3.38. The van der Waals surface area contributed by atoms with Crippen LogP contribution in [0.4, 0.5) is 0 Å². The minimum atomic E-state index is -4.56. The average molecular weight is 244 g/mol. The fourth-order valence-corrected chi connectivity index (χ4v) is 1.93. The lowest BCUT2D eigenvalue weighted by atomic mass is 10.1. The maximum absolute atomic E-state index is 11.3. The summed E-state index contributed by atoms with van der Waals surface area (Å²) in [7, 11) is -4.56. The van der Waals surface area contributed by atoms with Gasteiger partial charge in [0.15, 0.2) is 0 Å². The molecule has 5 nitrogen and oxygen atoms in total. The number of hydrogen-bond acceptors (Lipinski definition) is 4. The molecule has 0 radical (unpaired) electrons. The minimum Gasteiger partial charge on any atom is -0.436 e. The average Bonchev–Trinajstić information content (AvgIpc) is 2.16. The van der Waals surface area contributed by atoms with Crippen LogP contribution in [0.25, 0.3) is 0 Å². The molecular weight excluding hydrogens is 232 g/mol. The number of esters is 1. The van der Waals surface area contributed by atoms with Gasteiger partial charge >= 0.3 is 16.1 Å². The lowest BCUT2D eigenvalue weighted by Gasteiger charge is -2.25. The quantitative estimate of drug-likeness (QED) is 0.640. The maximum atomic E-state index is 11.3. The predicted molar refractivity (Wildman–Crippen MR) is 57.1 cm³/mol. The third-order valence-corrected chi connectivity index (χ3v) is 3.43. The Morgan fingerprint density at radius 1 is 1.31 bits per heavy atom. The zero-order valence-electron chi connectivity index (χ0n) is 8.88. The Morgan fingerprint density at radius 3 is 2.19 bits per heavy atom. The molecule has 0 fully saturated rings. The molecule has 1 aromatic carbocycles. The number of ether oxygens (including phenoxy) is 1.